The summed E-state index contributed by atoms with van der Waals surface area (Å²) in [4.78, 5) is 5.10. The van der Waals surface area contributed by atoms with E-state index in [1.807, 2.05) is 0 Å². The van der Waals surface area contributed by atoms with E-state index in [0.29, 0.717) is 6.10 Å². The van der Waals surface area contributed by atoms with E-state index in [9.17, 15) is 0 Å². The Kier molecular flexibility index (Phi) is 5.44. The minimum Gasteiger partial charge on any atom is -0.377 e. The molecule has 1 unspecified atom stereocenters. The average molecular weight is 286 g/mol. The van der Waals surface area contributed by atoms with Gasteiger partial charge in [-0.25, -0.2) is 0 Å². The number of hydrogen-bond donors (Lipinski definition) is 0. The normalized spacial score (nSPS) is 24.9. The summed E-state index contributed by atoms with van der Waals surface area (Å²) in [7, 11) is 0. The van der Waals surface area contributed by atoms with E-state index in [-0.39, 0.29) is 0 Å². The second-order valence-electron chi connectivity index (χ2n) is 6.05. The highest BCUT2D eigenvalue weighted by Gasteiger charge is 2.22. The van der Waals surface area contributed by atoms with Crippen LogP contribution in [0.3, 0.4) is 0 Å². The standard InChI is InChI=1S/C18H26N2O/c1-2-6-17(7-3-1)8-4-10-19-11-13-20(14-12-19)16-18-9-5-15-21-18/h1-4,6-8,18H,5,9-16H2/b8-4+. The molecule has 21 heavy (non-hydrogen) atoms. The zero-order chi connectivity index (χ0) is 14.3. The summed E-state index contributed by atoms with van der Waals surface area (Å²) in [6, 6.07) is 10.5. The predicted octanol–water partition coefficient (Wildman–Crippen LogP) is 2.50. The molecule has 2 aliphatic rings. The molecule has 0 radical (unpaired) electrons. The van der Waals surface area contributed by atoms with E-state index in [4.69, 9.17) is 4.74 Å². The van der Waals surface area contributed by atoms with Gasteiger partial charge < -0.3 is 4.74 Å². The van der Waals surface area contributed by atoms with E-state index in [2.05, 4.69) is 52.3 Å². The van der Waals surface area contributed by atoms with Gasteiger partial charge in [0.15, 0.2) is 0 Å². The van der Waals surface area contributed by atoms with Crippen LogP contribution in [0.15, 0.2) is 36.4 Å². The summed E-state index contributed by atoms with van der Waals surface area (Å²) < 4.78 is 5.73. The minimum absolute atomic E-state index is 0.495. The molecule has 0 spiro atoms. The van der Waals surface area contributed by atoms with Crippen LogP contribution in [-0.4, -0.2) is 61.8 Å². The molecule has 0 N–H and O–H groups in total. The molecule has 3 heteroatoms. The molecular weight excluding hydrogens is 260 g/mol. The van der Waals surface area contributed by atoms with E-state index in [1.165, 1.54) is 44.6 Å². The molecule has 0 aliphatic carbocycles. The van der Waals surface area contributed by atoms with Crippen molar-refractivity contribution in [1.82, 2.24) is 9.80 Å². The Balaban J connectivity index is 1.36. The van der Waals surface area contributed by atoms with Crippen molar-refractivity contribution < 1.29 is 4.74 Å². The fraction of sp³-hybridized carbons (Fsp3) is 0.556. The third-order valence-corrected chi connectivity index (χ3v) is 4.42. The first-order valence-corrected chi connectivity index (χ1v) is 8.18. The van der Waals surface area contributed by atoms with Crippen molar-refractivity contribution >= 4 is 6.08 Å². The topological polar surface area (TPSA) is 15.7 Å². The Morgan fingerprint density at radius 1 is 1.05 bits per heavy atom. The highest BCUT2D eigenvalue weighted by molar-refractivity contribution is 5.48. The summed E-state index contributed by atoms with van der Waals surface area (Å²) in [6.45, 7) is 7.86. The summed E-state index contributed by atoms with van der Waals surface area (Å²) >= 11 is 0. The molecule has 0 saturated carbocycles. The largest absolute Gasteiger partial charge is 0.377 e. The number of piperazine rings is 1. The van der Waals surface area contributed by atoms with Gasteiger partial charge in [-0.05, 0) is 18.4 Å². The number of nitrogens with zero attached hydrogens (tertiary/aromatic N) is 2. The molecule has 1 aromatic rings. The van der Waals surface area contributed by atoms with Gasteiger partial charge in [-0.2, -0.15) is 0 Å². The van der Waals surface area contributed by atoms with Crippen molar-refractivity contribution in [1.29, 1.82) is 0 Å². The van der Waals surface area contributed by atoms with Gasteiger partial charge in [-0.15, -0.1) is 0 Å². The van der Waals surface area contributed by atoms with Gasteiger partial charge in [-0.3, -0.25) is 9.80 Å². The SMILES string of the molecule is C(=C\c1ccccc1)/CN1CCN(CC2CCCO2)CC1. The first-order chi connectivity index (χ1) is 10.4. The van der Waals surface area contributed by atoms with Crippen LogP contribution in [0, 0.1) is 0 Å². The Labute approximate surface area is 128 Å². The van der Waals surface area contributed by atoms with Gasteiger partial charge in [-0.1, -0.05) is 42.5 Å². The fourth-order valence-corrected chi connectivity index (χ4v) is 3.13. The molecule has 0 amide bonds. The first-order valence-electron chi connectivity index (χ1n) is 8.18. The molecule has 2 saturated heterocycles. The van der Waals surface area contributed by atoms with Gasteiger partial charge in [0.1, 0.15) is 0 Å². The maximum absolute atomic E-state index is 5.73. The second kappa shape index (κ2) is 7.74. The Hall–Kier alpha value is -1.16. The molecule has 114 valence electrons. The van der Waals surface area contributed by atoms with Gasteiger partial charge in [0.25, 0.3) is 0 Å². The minimum atomic E-state index is 0.495. The third-order valence-electron chi connectivity index (χ3n) is 4.42. The highest BCUT2D eigenvalue weighted by Crippen LogP contribution is 2.14. The molecule has 2 fully saturated rings. The monoisotopic (exact) mass is 286 g/mol. The molecule has 3 rings (SSSR count). The number of hydrogen-bond acceptors (Lipinski definition) is 3. The quantitative estimate of drug-likeness (QED) is 0.827. The van der Waals surface area contributed by atoms with Crippen molar-refractivity contribution in [2.24, 2.45) is 0 Å². The summed E-state index contributed by atoms with van der Waals surface area (Å²) in [6.07, 6.45) is 7.49. The molecule has 0 bridgehead atoms. The van der Waals surface area contributed by atoms with Crippen molar-refractivity contribution in [2.75, 3.05) is 45.9 Å². The molecular formula is C18H26N2O. The predicted molar refractivity (Wildman–Crippen MR) is 87.3 cm³/mol. The highest BCUT2D eigenvalue weighted by atomic mass is 16.5. The average Bonchev–Trinajstić information content (AvgIpc) is 3.03. The lowest BCUT2D eigenvalue weighted by molar-refractivity contribution is 0.0527. The summed E-state index contributed by atoms with van der Waals surface area (Å²) in [5.41, 5.74) is 1.29. The lowest BCUT2D eigenvalue weighted by atomic mass is 10.2. The van der Waals surface area contributed by atoms with Gasteiger partial charge >= 0.3 is 0 Å². The van der Waals surface area contributed by atoms with Crippen LogP contribution < -0.4 is 0 Å². The molecule has 2 heterocycles. The van der Waals surface area contributed by atoms with Crippen LogP contribution >= 0.6 is 0 Å². The van der Waals surface area contributed by atoms with Crippen molar-refractivity contribution in [3.05, 3.63) is 42.0 Å². The molecule has 2 aliphatic heterocycles. The third kappa shape index (κ3) is 4.67. The van der Waals surface area contributed by atoms with Crippen LogP contribution in [0.25, 0.3) is 6.08 Å². The Bertz CT molecular complexity index is 432. The number of ether oxygens (including phenoxy) is 1. The van der Waals surface area contributed by atoms with E-state index in [0.717, 1.165) is 19.7 Å². The van der Waals surface area contributed by atoms with Crippen molar-refractivity contribution in [2.45, 2.75) is 18.9 Å². The first kappa shape index (κ1) is 14.8. The summed E-state index contributed by atoms with van der Waals surface area (Å²) in [5, 5.41) is 0. The van der Waals surface area contributed by atoms with Crippen LogP contribution in [0.4, 0.5) is 0 Å². The van der Waals surface area contributed by atoms with Crippen molar-refractivity contribution in [3.63, 3.8) is 0 Å². The van der Waals surface area contributed by atoms with E-state index < -0.39 is 0 Å². The van der Waals surface area contributed by atoms with Crippen LogP contribution in [-0.2, 0) is 4.74 Å². The van der Waals surface area contributed by atoms with Crippen LogP contribution in [0.2, 0.25) is 0 Å². The number of rotatable bonds is 5. The number of benzene rings is 1. The van der Waals surface area contributed by atoms with E-state index >= 15 is 0 Å². The van der Waals surface area contributed by atoms with Crippen LogP contribution in [0.1, 0.15) is 18.4 Å². The molecule has 3 nitrogen and oxygen atoms in total. The molecule has 0 aromatic heterocycles. The van der Waals surface area contributed by atoms with Gasteiger partial charge in [0.05, 0.1) is 6.10 Å². The lowest BCUT2D eigenvalue weighted by Gasteiger charge is -2.35. The lowest BCUT2D eigenvalue weighted by Crippen LogP contribution is -2.48. The maximum Gasteiger partial charge on any atom is 0.0702 e. The van der Waals surface area contributed by atoms with E-state index in [1.54, 1.807) is 0 Å². The molecule has 1 aromatic carbocycles. The summed E-state index contributed by atoms with van der Waals surface area (Å²) in [5.74, 6) is 0. The maximum atomic E-state index is 5.73. The molecule has 1 atom stereocenters. The zero-order valence-electron chi connectivity index (χ0n) is 12.8. The van der Waals surface area contributed by atoms with Gasteiger partial charge in [0, 0.05) is 45.9 Å². The smallest absolute Gasteiger partial charge is 0.0702 e. The zero-order valence-corrected chi connectivity index (χ0v) is 12.8. The Morgan fingerprint density at radius 2 is 1.81 bits per heavy atom. The second-order valence-corrected chi connectivity index (χ2v) is 6.05. The Morgan fingerprint density at radius 3 is 2.52 bits per heavy atom. The van der Waals surface area contributed by atoms with Crippen molar-refractivity contribution in [3.8, 4) is 0 Å². The van der Waals surface area contributed by atoms with Crippen LogP contribution in [0.5, 0.6) is 0 Å². The fourth-order valence-electron chi connectivity index (χ4n) is 3.13. The van der Waals surface area contributed by atoms with Gasteiger partial charge in [0.2, 0.25) is 0 Å².